The van der Waals surface area contributed by atoms with Crippen LogP contribution in [0.15, 0.2) is 0 Å². The lowest BCUT2D eigenvalue weighted by Crippen LogP contribution is -2.55. The molecule has 0 spiro atoms. The van der Waals surface area contributed by atoms with Gasteiger partial charge in [0.05, 0.1) is 0 Å². The van der Waals surface area contributed by atoms with E-state index >= 15 is 0 Å². The Morgan fingerprint density at radius 2 is 1.21 bits per heavy atom. The summed E-state index contributed by atoms with van der Waals surface area (Å²) in [6.45, 7) is 5.62. The van der Waals surface area contributed by atoms with Crippen molar-refractivity contribution in [2.24, 2.45) is 10.8 Å². The first-order chi connectivity index (χ1) is 8.05. The van der Waals surface area contributed by atoms with E-state index in [2.05, 4.69) is 4.74 Å². The van der Waals surface area contributed by atoms with Crippen molar-refractivity contribution in [3.8, 4) is 0 Å². The third kappa shape index (κ3) is 3.54. The molecule has 0 aliphatic carbocycles. The van der Waals surface area contributed by atoms with Gasteiger partial charge in [0.2, 0.25) is 0 Å². The molecule has 2 nitrogen and oxygen atoms in total. The Balaban J connectivity index is 5.42. The molecular formula is C11H16F6O2. The standard InChI is InChI=1S/C11H16F6O2/c1-6(8(2,3)4)19-7(18)9(5,10(12,13)14)11(15,16)17/h6H,1-5H3/t6-/m0/s1. The second kappa shape index (κ2) is 4.86. The van der Waals surface area contributed by atoms with E-state index in [0.717, 1.165) is 0 Å². The highest BCUT2D eigenvalue weighted by Gasteiger charge is 2.73. The predicted molar refractivity (Wildman–Crippen MR) is 55.2 cm³/mol. The molecular weight excluding hydrogens is 278 g/mol. The third-order valence-electron chi connectivity index (χ3n) is 3.05. The number of carbonyl (C=O) groups is 1. The van der Waals surface area contributed by atoms with Gasteiger partial charge in [-0.05, 0) is 19.3 Å². The zero-order valence-electron chi connectivity index (χ0n) is 11.2. The van der Waals surface area contributed by atoms with E-state index < -0.39 is 35.3 Å². The number of hydrogen-bond donors (Lipinski definition) is 0. The van der Waals surface area contributed by atoms with E-state index in [1.54, 1.807) is 0 Å². The minimum atomic E-state index is -5.78. The number of ether oxygens (including phenoxy) is 1. The molecule has 1 atom stereocenters. The predicted octanol–water partition coefficient (Wildman–Crippen LogP) is 4.10. The average Bonchev–Trinajstić information content (AvgIpc) is 2.10. The van der Waals surface area contributed by atoms with Crippen LogP contribution in [0.3, 0.4) is 0 Å². The molecule has 0 unspecified atom stereocenters. The van der Waals surface area contributed by atoms with Crippen molar-refractivity contribution in [2.75, 3.05) is 0 Å². The Labute approximate surface area is 107 Å². The topological polar surface area (TPSA) is 26.3 Å². The van der Waals surface area contributed by atoms with Gasteiger partial charge < -0.3 is 4.74 Å². The number of esters is 1. The van der Waals surface area contributed by atoms with E-state index in [4.69, 9.17) is 0 Å². The van der Waals surface area contributed by atoms with Crippen LogP contribution in [0.2, 0.25) is 0 Å². The minimum absolute atomic E-state index is 0.218. The fourth-order valence-electron chi connectivity index (χ4n) is 0.847. The summed E-state index contributed by atoms with van der Waals surface area (Å²) in [6, 6.07) is 0. The van der Waals surface area contributed by atoms with Crippen molar-refractivity contribution in [3.05, 3.63) is 0 Å². The van der Waals surface area contributed by atoms with E-state index in [9.17, 15) is 31.1 Å². The highest BCUT2D eigenvalue weighted by molar-refractivity contribution is 5.78. The lowest BCUT2D eigenvalue weighted by atomic mass is 9.87. The van der Waals surface area contributed by atoms with Crippen molar-refractivity contribution >= 4 is 5.97 Å². The molecule has 0 bridgehead atoms. The summed E-state index contributed by atoms with van der Waals surface area (Å²) < 4.78 is 79.8. The molecule has 0 aromatic carbocycles. The van der Waals surface area contributed by atoms with Crippen LogP contribution in [0.25, 0.3) is 0 Å². The highest BCUT2D eigenvalue weighted by Crippen LogP contribution is 2.51. The molecule has 0 N–H and O–H groups in total. The maximum Gasteiger partial charge on any atom is 0.413 e. The van der Waals surface area contributed by atoms with Crippen molar-refractivity contribution < 1.29 is 35.9 Å². The molecule has 0 rings (SSSR count). The van der Waals surface area contributed by atoms with Crippen LogP contribution >= 0.6 is 0 Å². The third-order valence-corrected chi connectivity index (χ3v) is 3.05. The summed E-state index contributed by atoms with van der Waals surface area (Å²) >= 11 is 0. The smallest absolute Gasteiger partial charge is 0.413 e. The summed E-state index contributed by atoms with van der Waals surface area (Å²) in [7, 11) is 0. The van der Waals surface area contributed by atoms with Gasteiger partial charge in [0.15, 0.2) is 0 Å². The molecule has 0 aliphatic heterocycles. The van der Waals surface area contributed by atoms with Gasteiger partial charge in [-0.25, -0.2) is 0 Å². The number of carbonyl (C=O) groups excluding carboxylic acids is 1. The maximum absolute atomic E-state index is 12.6. The van der Waals surface area contributed by atoms with Crippen molar-refractivity contribution in [1.29, 1.82) is 0 Å². The van der Waals surface area contributed by atoms with Crippen LogP contribution in [-0.2, 0) is 9.53 Å². The molecule has 0 saturated carbocycles. The number of halogens is 6. The molecule has 8 heteroatoms. The van der Waals surface area contributed by atoms with Gasteiger partial charge in [0.25, 0.3) is 5.41 Å². The van der Waals surface area contributed by atoms with E-state index in [-0.39, 0.29) is 6.92 Å². The van der Waals surface area contributed by atoms with Gasteiger partial charge in [0.1, 0.15) is 6.10 Å². The molecule has 0 aromatic rings. The van der Waals surface area contributed by atoms with Crippen molar-refractivity contribution in [3.63, 3.8) is 0 Å². The molecule has 114 valence electrons. The highest BCUT2D eigenvalue weighted by atomic mass is 19.4. The zero-order chi connectivity index (χ0) is 15.9. The Bertz CT molecular complexity index is 323. The van der Waals surface area contributed by atoms with Gasteiger partial charge in [-0.3, -0.25) is 4.79 Å². The molecule has 0 heterocycles. The number of alkyl halides is 6. The molecule has 0 saturated heterocycles. The minimum Gasteiger partial charge on any atom is -0.461 e. The molecule has 0 aromatic heterocycles. The second-order valence-corrected chi connectivity index (χ2v) is 5.53. The first-order valence-electron chi connectivity index (χ1n) is 5.39. The van der Waals surface area contributed by atoms with Crippen LogP contribution in [-0.4, -0.2) is 24.4 Å². The fraction of sp³-hybridized carbons (Fsp3) is 0.909. The summed E-state index contributed by atoms with van der Waals surface area (Å²) in [5.41, 5.74) is -5.30. The monoisotopic (exact) mass is 294 g/mol. The molecule has 19 heavy (non-hydrogen) atoms. The summed E-state index contributed by atoms with van der Waals surface area (Å²) in [4.78, 5) is 11.4. The number of rotatable bonds is 2. The number of hydrogen-bond acceptors (Lipinski definition) is 2. The van der Waals surface area contributed by atoms with Crippen LogP contribution in [0, 0.1) is 10.8 Å². The summed E-state index contributed by atoms with van der Waals surface area (Å²) in [5, 5.41) is 0. The van der Waals surface area contributed by atoms with Gasteiger partial charge in [-0.1, -0.05) is 20.8 Å². The van der Waals surface area contributed by atoms with E-state index in [0.29, 0.717) is 0 Å². The quantitative estimate of drug-likeness (QED) is 0.566. The lowest BCUT2D eigenvalue weighted by Gasteiger charge is -2.35. The fourth-order valence-corrected chi connectivity index (χ4v) is 0.847. The maximum atomic E-state index is 12.6. The summed E-state index contributed by atoms with van der Waals surface area (Å²) in [6.07, 6.45) is -12.6. The van der Waals surface area contributed by atoms with Crippen LogP contribution in [0.5, 0.6) is 0 Å². The molecule has 0 amide bonds. The zero-order valence-corrected chi connectivity index (χ0v) is 11.2. The van der Waals surface area contributed by atoms with Gasteiger partial charge in [0, 0.05) is 0 Å². The molecule has 0 aliphatic rings. The molecule has 0 fully saturated rings. The first kappa shape index (κ1) is 18.0. The van der Waals surface area contributed by atoms with Crippen LogP contribution < -0.4 is 0 Å². The van der Waals surface area contributed by atoms with Crippen molar-refractivity contribution in [2.45, 2.75) is 53.1 Å². The lowest BCUT2D eigenvalue weighted by molar-refractivity contribution is -0.328. The van der Waals surface area contributed by atoms with E-state index in [1.165, 1.54) is 27.7 Å². The first-order valence-corrected chi connectivity index (χ1v) is 5.39. The normalized spacial score (nSPS) is 16.2. The van der Waals surface area contributed by atoms with Crippen LogP contribution in [0.1, 0.15) is 34.6 Å². The Morgan fingerprint density at radius 1 is 0.895 bits per heavy atom. The summed E-state index contributed by atoms with van der Waals surface area (Å²) in [5.74, 6) is -2.34. The molecule has 0 radical (unpaired) electrons. The Kier molecular flexibility index (Phi) is 4.62. The van der Waals surface area contributed by atoms with Gasteiger partial charge in [-0.15, -0.1) is 0 Å². The van der Waals surface area contributed by atoms with Gasteiger partial charge >= 0.3 is 18.3 Å². The largest absolute Gasteiger partial charge is 0.461 e. The van der Waals surface area contributed by atoms with Crippen LogP contribution in [0.4, 0.5) is 26.3 Å². The Morgan fingerprint density at radius 3 is 1.42 bits per heavy atom. The average molecular weight is 294 g/mol. The van der Waals surface area contributed by atoms with Crippen molar-refractivity contribution in [1.82, 2.24) is 0 Å². The second-order valence-electron chi connectivity index (χ2n) is 5.53. The Hall–Kier alpha value is -0.950. The SMILES string of the molecule is C[C@H](OC(=O)C(C)(C(F)(F)F)C(F)(F)F)C(C)(C)C. The van der Waals surface area contributed by atoms with Gasteiger partial charge in [-0.2, -0.15) is 26.3 Å². The van der Waals surface area contributed by atoms with E-state index in [1.807, 2.05) is 0 Å².